The Morgan fingerprint density at radius 3 is 2.44 bits per heavy atom. The SMILES string of the molecule is CC1(c2cc(C(F)(F)F)nc(Cl)n2)COC1. The smallest absolute Gasteiger partial charge is 0.379 e. The average Bonchev–Trinajstić information content (AvgIpc) is 2.11. The van der Waals surface area contributed by atoms with Crippen LogP contribution in [0.4, 0.5) is 13.2 Å². The van der Waals surface area contributed by atoms with Crippen LogP contribution >= 0.6 is 11.6 Å². The van der Waals surface area contributed by atoms with E-state index in [-0.39, 0.29) is 5.69 Å². The second-order valence-corrected chi connectivity index (χ2v) is 4.30. The Balaban J connectivity index is 2.44. The number of alkyl halides is 3. The number of aromatic nitrogens is 2. The molecule has 1 aromatic heterocycles. The minimum absolute atomic E-state index is 0.270. The molecule has 88 valence electrons. The molecule has 1 saturated heterocycles. The van der Waals surface area contributed by atoms with E-state index in [4.69, 9.17) is 16.3 Å². The molecule has 2 rings (SSSR count). The van der Waals surface area contributed by atoms with Crippen molar-refractivity contribution in [3.63, 3.8) is 0 Å². The Morgan fingerprint density at radius 2 is 2.00 bits per heavy atom. The molecule has 1 aliphatic heterocycles. The number of hydrogen-bond acceptors (Lipinski definition) is 3. The van der Waals surface area contributed by atoms with E-state index >= 15 is 0 Å². The number of nitrogens with zero attached hydrogens (tertiary/aromatic N) is 2. The van der Waals surface area contributed by atoms with E-state index in [9.17, 15) is 13.2 Å². The summed E-state index contributed by atoms with van der Waals surface area (Å²) in [5.41, 5.74) is -1.24. The Hall–Kier alpha value is -0.880. The first-order valence-corrected chi connectivity index (χ1v) is 4.89. The van der Waals surface area contributed by atoms with Gasteiger partial charge in [-0.05, 0) is 24.6 Å². The molecule has 0 bridgehead atoms. The standard InChI is InChI=1S/C9H8ClF3N2O/c1-8(3-16-4-8)5-2-6(9(11,12)13)15-7(10)14-5/h2H,3-4H2,1H3. The van der Waals surface area contributed by atoms with Gasteiger partial charge in [0.05, 0.1) is 24.3 Å². The highest BCUT2D eigenvalue weighted by Gasteiger charge is 2.40. The van der Waals surface area contributed by atoms with Crippen molar-refractivity contribution in [2.45, 2.75) is 18.5 Å². The third-order valence-corrected chi connectivity index (χ3v) is 2.62. The minimum atomic E-state index is -4.51. The molecule has 0 amide bonds. The van der Waals surface area contributed by atoms with Crippen molar-refractivity contribution >= 4 is 11.6 Å². The molecular formula is C9H8ClF3N2O. The molecule has 16 heavy (non-hydrogen) atoms. The molecule has 0 spiro atoms. The quantitative estimate of drug-likeness (QED) is 0.720. The van der Waals surface area contributed by atoms with E-state index in [1.807, 2.05) is 0 Å². The largest absolute Gasteiger partial charge is 0.433 e. The van der Waals surface area contributed by atoms with Crippen LogP contribution in [0.3, 0.4) is 0 Å². The van der Waals surface area contributed by atoms with Gasteiger partial charge in [0.2, 0.25) is 5.28 Å². The Bertz CT molecular complexity index is 418. The topological polar surface area (TPSA) is 35.0 Å². The van der Waals surface area contributed by atoms with Crippen molar-refractivity contribution in [3.8, 4) is 0 Å². The van der Waals surface area contributed by atoms with Crippen LogP contribution in [0, 0.1) is 0 Å². The normalized spacial score (nSPS) is 19.3. The second kappa shape index (κ2) is 3.56. The van der Waals surface area contributed by atoms with Gasteiger partial charge >= 0.3 is 6.18 Å². The van der Waals surface area contributed by atoms with Crippen LogP contribution in [-0.2, 0) is 16.3 Å². The summed E-state index contributed by atoms with van der Waals surface area (Å²) in [4.78, 5) is 6.98. The zero-order valence-corrected chi connectivity index (χ0v) is 9.06. The molecule has 0 aliphatic carbocycles. The average molecular weight is 253 g/mol. The lowest BCUT2D eigenvalue weighted by Crippen LogP contribution is -2.44. The molecule has 1 fully saturated rings. The van der Waals surface area contributed by atoms with E-state index in [0.717, 1.165) is 6.07 Å². The van der Waals surface area contributed by atoms with Crippen LogP contribution in [0.2, 0.25) is 5.28 Å². The summed E-state index contributed by atoms with van der Waals surface area (Å²) in [6.07, 6.45) is -4.51. The number of halogens is 4. The van der Waals surface area contributed by atoms with Crippen molar-refractivity contribution in [2.75, 3.05) is 13.2 Å². The number of ether oxygens (including phenoxy) is 1. The highest BCUT2D eigenvalue weighted by atomic mass is 35.5. The van der Waals surface area contributed by atoms with Gasteiger partial charge in [-0.2, -0.15) is 13.2 Å². The summed E-state index contributed by atoms with van der Waals surface area (Å²) in [7, 11) is 0. The van der Waals surface area contributed by atoms with E-state index in [2.05, 4.69) is 9.97 Å². The third-order valence-electron chi connectivity index (χ3n) is 2.45. The molecule has 7 heteroatoms. The fourth-order valence-corrected chi connectivity index (χ4v) is 1.61. The summed E-state index contributed by atoms with van der Waals surface area (Å²) < 4.78 is 42.4. The van der Waals surface area contributed by atoms with Gasteiger partial charge in [-0.15, -0.1) is 0 Å². The molecular weight excluding hydrogens is 245 g/mol. The van der Waals surface area contributed by atoms with Crippen molar-refractivity contribution in [2.24, 2.45) is 0 Å². The van der Waals surface area contributed by atoms with Crippen LogP contribution in [-0.4, -0.2) is 23.2 Å². The van der Waals surface area contributed by atoms with Gasteiger partial charge in [0, 0.05) is 0 Å². The van der Waals surface area contributed by atoms with E-state index in [1.54, 1.807) is 6.92 Å². The first-order valence-electron chi connectivity index (χ1n) is 4.51. The molecule has 0 N–H and O–H groups in total. The third kappa shape index (κ3) is 1.99. The van der Waals surface area contributed by atoms with Gasteiger partial charge in [0.1, 0.15) is 5.69 Å². The molecule has 0 aromatic carbocycles. The highest BCUT2D eigenvalue weighted by Crippen LogP contribution is 2.34. The van der Waals surface area contributed by atoms with Crippen LogP contribution in [0.15, 0.2) is 6.07 Å². The molecule has 1 aliphatic rings. The summed E-state index contributed by atoms with van der Waals surface area (Å²) in [5.74, 6) is 0. The molecule has 3 nitrogen and oxygen atoms in total. The summed E-state index contributed by atoms with van der Waals surface area (Å²) in [6.45, 7) is 2.46. The molecule has 0 radical (unpaired) electrons. The maximum atomic E-state index is 12.5. The van der Waals surface area contributed by atoms with Gasteiger partial charge in [0.15, 0.2) is 0 Å². The van der Waals surface area contributed by atoms with Crippen LogP contribution in [0.1, 0.15) is 18.3 Å². The Kier molecular flexibility index (Phi) is 2.58. The molecule has 0 saturated carbocycles. The maximum absolute atomic E-state index is 12.5. The zero-order chi connectivity index (χ0) is 12.0. The molecule has 1 aromatic rings. The van der Waals surface area contributed by atoms with Gasteiger partial charge in [0.25, 0.3) is 0 Å². The summed E-state index contributed by atoms with van der Waals surface area (Å²) in [6, 6.07) is 0.925. The first-order chi connectivity index (χ1) is 7.31. The van der Waals surface area contributed by atoms with E-state index in [1.165, 1.54) is 0 Å². The zero-order valence-electron chi connectivity index (χ0n) is 8.31. The number of rotatable bonds is 1. The summed E-state index contributed by atoms with van der Waals surface area (Å²) in [5, 5.41) is -0.391. The van der Waals surface area contributed by atoms with Gasteiger partial charge in [-0.1, -0.05) is 0 Å². The maximum Gasteiger partial charge on any atom is 0.433 e. The van der Waals surface area contributed by atoms with Gasteiger partial charge in [-0.3, -0.25) is 0 Å². The fourth-order valence-electron chi connectivity index (χ4n) is 1.43. The van der Waals surface area contributed by atoms with Crippen LogP contribution < -0.4 is 0 Å². The Labute approximate surface area is 94.6 Å². The minimum Gasteiger partial charge on any atom is -0.379 e. The Morgan fingerprint density at radius 1 is 1.38 bits per heavy atom. The van der Waals surface area contributed by atoms with Gasteiger partial charge in [-0.25, -0.2) is 9.97 Å². The van der Waals surface area contributed by atoms with Gasteiger partial charge < -0.3 is 4.74 Å². The highest BCUT2D eigenvalue weighted by molar-refractivity contribution is 6.28. The lowest BCUT2D eigenvalue weighted by atomic mass is 9.84. The van der Waals surface area contributed by atoms with Crippen molar-refractivity contribution < 1.29 is 17.9 Å². The molecule has 0 atom stereocenters. The lowest BCUT2D eigenvalue weighted by molar-refractivity contribution is -0.141. The van der Waals surface area contributed by atoms with Crippen molar-refractivity contribution in [1.29, 1.82) is 0 Å². The van der Waals surface area contributed by atoms with E-state index < -0.39 is 22.6 Å². The lowest BCUT2D eigenvalue weighted by Gasteiger charge is -2.37. The van der Waals surface area contributed by atoms with Crippen molar-refractivity contribution in [3.05, 3.63) is 22.7 Å². The second-order valence-electron chi connectivity index (χ2n) is 3.96. The fraction of sp³-hybridized carbons (Fsp3) is 0.556. The van der Waals surface area contributed by atoms with Crippen LogP contribution in [0.25, 0.3) is 0 Å². The summed E-state index contributed by atoms with van der Waals surface area (Å²) >= 11 is 5.48. The first kappa shape index (κ1) is 11.6. The molecule has 0 unspecified atom stereocenters. The predicted molar refractivity (Wildman–Crippen MR) is 50.2 cm³/mol. The monoisotopic (exact) mass is 252 g/mol. The van der Waals surface area contributed by atoms with Crippen molar-refractivity contribution in [1.82, 2.24) is 9.97 Å². The predicted octanol–water partition coefficient (Wildman–Crippen LogP) is 2.44. The van der Waals surface area contributed by atoms with E-state index in [0.29, 0.717) is 13.2 Å². The molecule has 2 heterocycles. The number of hydrogen-bond donors (Lipinski definition) is 0. The van der Waals surface area contributed by atoms with Crippen LogP contribution in [0.5, 0.6) is 0 Å².